The minimum atomic E-state index is -3.55. The largest absolute Gasteiger partial charge is 0.299 e. The van der Waals surface area contributed by atoms with Crippen LogP contribution in [0.2, 0.25) is 5.02 Å². The molecular weight excluding hydrogens is 376 g/mol. The minimum Gasteiger partial charge on any atom is -0.299 e. The number of likely N-dealkylation sites (tertiary alicyclic amines) is 1. The molecular formula is C14H20BrClN2O2S. The van der Waals surface area contributed by atoms with Gasteiger partial charge in [0.05, 0.1) is 5.02 Å². The Hall–Kier alpha value is -0.140. The van der Waals surface area contributed by atoms with Crippen LogP contribution in [0, 0.1) is 0 Å². The van der Waals surface area contributed by atoms with Gasteiger partial charge in [-0.15, -0.1) is 0 Å². The smallest absolute Gasteiger partial charge is 0.244 e. The predicted octanol–water partition coefficient (Wildman–Crippen LogP) is 3.21. The highest BCUT2D eigenvalue weighted by Crippen LogP contribution is 2.28. The van der Waals surface area contributed by atoms with Gasteiger partial charge >= 0.3 is 0 Å². The van der Waals surface area contributed by atoms with Crippen LogP contribution in [0.5, 0.6) is 0 Å². The summed E-state index contributed by atoms with van der Waals surface area (Å²) in [6, 6.07) is 5.14. The molecule has 1 aromatic carbocycles. The van der Waals surface area contributed by atoms with Gasteiger partial charge in [0.15, 0.2) is 0 Å². The third-order valence-corrected chi connectivity index (χ3v) is 6.75. The van der Waals surface area contributed by atoms with Crippen molar-refractivity contribution in [1.29, 1.82) is 0 Å². The highest BCUT2D eigenvalue weighted by Gasteiger charge is 2.30. The quantitative estimate of drug-likeness (QED) is 0.768. The molecule has 0 radical (unpaired) electrons. The van der Waals surface area contributed by atoms with Crippen LogP contribution < -0.4 is 0 Å². The maximum Gasteiger partial charge on any atom is 0.244 e. The molecule has 1 heterocycles. The number of rotatable bonds is 5. The van der Waals surface area contributed by atoms with Crippen molar-refractivity contribution in [2.75, 3.05) is 26.7 Å². The molecule has 2 rings (SSSR count). The molecule has 0 bridgehead atoms. The molecule has 4 nitrogen and oxygen atoms in total. The van der Waals surface area contributed by atoms with Crippen molar-refractivity contribution in [2.45, 2.75) is 30.7 Å². The number of nitrogens with zero attached hydrogens (tertiary/aromatic N) is 2. The second-order valence-corrected chi connectivity index (χ2v) is 8.62. The number of sulfonamides is 1. The van der Waals surface area contributed by atoms with E-state index in [1.54, 1.807) is 25.2 Å². The highest BCUT2D eigenvalue weighted by molar-refractivity contribution is 9.10. The molecule has 0 N–H and O–H groups in total. The molecule has 1 unspecified atom stereocenters. The van der Waals surface area contributed by atoms with Gasteiger partial charge < -0.3 is 0 Å². The monoisotopic (exact) mass is 394 g/mol. The van der Waals surface area contributed by atoms with Gasteiger partial charge in [-0.25, -0.2) is 8.42 Å². The van der Waals surface area contributed by atoms with Crippen molar-refractivity contribution in [2.24, 2.45) is 0 Å². The van der Waals surface area contributed by atoms with E-state index >= 15 is 0 Å². The lowest BCUT2D eigenvalue weighted by atomic mass is 10.2. The Morgan fingerprint density at radius 1 is 1.48 bits per heavy atom. The molecule has 7 heteroatoms. The molecule has 0 aromatic heterocycles. The van der Waals surface area contributed by atoms with Gasteiger partial charge in [0.1, 0.15) is 4.90 Å². The topological polar surface area (TPSA) is 40.6 Å². The van der Waals surface area contributed by atoms with E-state index in [4.69, 9.17) is 11.6 Å². The SMILES string of the molecule is CCN1CCCC1CN(C)S(=O)(=O)c1ccc(Br)cc1Cl. The number of hydrogen-bond donors (Lipinski definition) is 0. The summed E-state index contributed by atoms with van der Waals surface area (Å²) in [4.78, 5) is 2.49. The molecule has 1 aromatic rings. The molecule has 1 aliphatic rings. The summed E-state index contributed by atoms with van der Waals surface area (Å²) in [6.07, 6.45) is 2.17. The van der Waals surface area contributed by atoms with Crippen LogP contribution in [0.4, 0.5) is 0 Å². The van der Waals surface area contributed by atoms with E-state index in [1.807, 2.05) is 0 Å². The number of halogens is 2. The molecule has 1 aliphatic heterocycles. The molecule has 118 valence electrons. The standard InChI is InChI=1S/C14H20BrClN2O2S/c1-3-18-8-4-5-12(18)10-17(2)21(19,20)14-7-6-11(15)9-13(14)16/h6-7,9,12H,3-5,8,10H2,1-2H3. The average Bonchev–Trinajstić information content (AvgIpc) is 2.85. The van der Waals surface area contributed by atoms with Crippen molar-refractivity contribution in [3.8, 4) is 0 Å². The first kappa shape index (κ1) is 17.2. The molecule has 1 fully saturated rings. The van der Waals surface area contributed by atoms with E-state index < -0.39 is 10.0 Å². The van der Waals surface area contributed by atoms with Crippen LogP contribution in [-0.4, -0.2) is 50.3 Å². The van der Waals surface area contributed by atoms with E-state index in [-0.39, 0.29) is 9.92 Å². The first-order chi connectivity index (χ1) is 9.86. The zero-order chi connectivity index (χ0) is 15.6. The van der Waals surface area contributed by atoms with Crippen LogP contribution in [0.25, 0.3) is 0 Å². The van der Waals surface area contributed by atoms with Gasteiger partial charge in [-0.05, 0) is 44.1 Å². The maximum atomic E-state index is 12.7. The summed E-state index contributed by atoms with van der Waals surface area (Å²) in [5, 5.41) is 0.245. The Labute approximate surface area is 140 Å². The van der Waals surface area contributed by atoms with Crippen molar-refractivity contribution in [1.82, 2.24) is 9.21 Å². The molecule has 0 saturated carbocycles. The second kappa shape index (κ2) is 6.96. The first-order valence-corrected chi connectivity index (χ1v) is 9.62. The van der Waals surface area contributed by atoms with E-state index in [0.29, 0.717) is 12.6 Å². The Kier molecular flexibility index (Phi) is 5.71. The minimum absolute atomic E-state index is 0.163. The Morgan fingerprint density at radius 2 is 2.19 bits per heavy atom. The number of hydrogen-bond acceptors (Lipinski definition) is 3. The van der Waals surface area contributed by atoms with Gasteiger partial charge in [-0.3, -0.25) is 4.90 Å². The van der Waals surface area contributed by atoms with Gasteiger partial charge in [-0.2, -0.15) is 4.31 Å². The molecule has 1 saturated heterocycles. The number of benzene rings is 1. The van der Waals surface area contributed by atoms with Gasteiger partial charge in [0.2, 0.25) is 10.0 Å². The maximum absolute atomic E-state index is 12.7. The van der Waals surface area contributed by atoms with Crippen molar-refractivity contribution >= 4 is 37.6 Å². The van der Waals surface area contributed by atoms with Crippen LogP contribution in [0.3, 0.4) is 0 Å². The third kappa shape index (κ3) is 3.79. The summed E-state index contributed by atoms with van der Waals surface area (Å²) in [6.45, 7) is 4.62. The summed E-state index contributed by atoms with van der Waals surface area (Å²) in [7, 11) is -1.93. The van der Waals surface area contributed by atoms with Crippen molar-refractivity contribution < 1.29 is 8.42 Å². The van der Waals surface area contributed by atoms with Crippen LogP contribution in [0.1, 0.15) is 19.8 Å². The van der Waals surface area contributed by atoms with E-state index in [1.165, 1.54) is 4.31 Å². The lowest BCUT2D eigenvalue weighted by Gasteiger charge is -2.27. The summed E-state index contributed by atoms with van der Waals surface area (Å²) < 4.78 is 27.5. The highest BCUT2D eigenvalue weighted by atomic mass is 79.9. The fraction of sp³-hybridized carbons (Fsp3) is 0.571. The second-order valence-electron chi connectivity index (χ2n) is 5.28. The molecule has 21 heavy (non-hydrogen) atoms. The fourth-order valence-electron chi connectivity index (χ4n) is 2.77. The lowest BCUT2D eigenvalue weighted by molar-refractivity contribution is 0.237. The summed E-state index contributed by atoms with van der Waals surface area (Å²) in [5.41, 5.74) is 0. The van der Waals surface area contributed by atoms with E-state index in [0.717, 1.165) is 30.4 Å². The predicted molar refractivity (Wildman–Crippen MR) is 89.2 cm³/mol. The van der Waals surface area contributed by atoms with Crippen LogP contribution in [0.15, 0.2) is 27.6 Å². The summed E-state index contributed by atoms with van der Waals surface area (Å²) >= 11 is 9.37. The molecule has 1 atom stereocenters. The first-order valence-electron chi connectivity index (χ1n) is 7.01. The average molecular weight is 396 g/mol. The number of likely N-dealkylation sites (N-methyl/N-ethyl adjacent to an activating group) is 2. The van der Waals surface area contributed by atoms with Crippen molar-refractivity contribution in [3.63, 3.8) is 0 Å². The van der Waals surface area contributed by atoms with E-state index in [2.05, 4.69) is 27.8 Å². The molecule has 0 aliphatic carbocycles. The van der Waals surface area contributed by atoms with Crippen LogP contribution in [-0.2, 0) is 10.0 Å². The Morgan fingerprint density at radius 3 is 2.81 bits per heavy atom. The van der Waals surface area contributed by atoms with Gasteiger partial charge in [0, 0.05) is 24.1 Å². The molecule has 0 spiro atoms. The van der Waals surface area contributed by atoms with Crippen LogP contribution >= 0.6 is 27.5 Å². The zero-order valence-corrected chi connectivity index (χ0v) is 15.4. The van der Waals surface area contributed by atoms with Gasteiger partial charge in [-0.1, -0.05) is 34.5 Å². The lowest BCUT2D eigenvalue weighted by Crippen LogP contribution is -2.41. The van der Waals surface area contributed by atoms with E-state index in [9.17, 15) is 8.42 Å². The Bertz CT molecular complexity index is 609. The molecule has 0 amide bonds. The normalized spacial score (nSPS) is 20.3. The van der Waals surface area contributed by atoms with Crippen molar-refractivity contribution in [3.05, 3.63) is 27.7 Å². The Balaban J connectivity index is 2.18. The zero-order valence-electron chi connectivity index (χ0n) is 12.2. The fourth-order valence-corrected chi connectivity index (χ4v) is 4.98. The summed E-state index contributed by atoms with van der Waals surface area (Å²) in [5.74, 6) is 0. The third-order valence-electron chi connectivity index (χ3n) is 3.96. The van der Waals surface area contributed by atoms with Gasteiger partial charge in [0.25, 0.3) is 0 Å².